The molecule has 0 bridgehead atoms. The molecule has 6 N–H and O–H groups in total. The van der Waals surface area contributed by atoms with E-state index < -0.39 is 24.0 Å². The van der Waals surface area contributed by atoms with E-state index >= 15 is 0 Å². The molecule has 1 unspecified atom stereocenters. The molecule has 1 aliphatic heterocycles. The second-order valence-electron chi connectivity index (χ2n) is 8.51. The Balaban J connectivity index is 1.48. The molecule has 3 atom stereocenters. The molecule has 1 aromatic carbocycles. The molecular weight excluding hydrogens is 456 g/mol. The molecule has 4 aromatic heterocycles. The van der Waals surface area contributed by atoms with Gasteiger partial charge in [0.05, 0.1) is 35.9 Å². The molecule has 0 radical (unpaired) electrons. The van der Waals surface area contributed by atoms with Gasteiger partial charge in [-0.3, -0.25) is 19.3 Å². The number of hydrogen-bond donors (Lipinski definition) is 5. The number of fused-ring (bicyclic) bond motifs is 4. The van der Waals surface area contributed by atoms with E-state index in [0.717, 1.165) is 11.2 Å². The zero-order valence-corrected chi connectivity index (χ0v) is 18.8. The average Bonchev–Trinajstić information content (AvgIpc) is 3.50. The van der Waals surface area contributed by atoms with Crippen molar-refractivity contribution in [2.75, 3.05) is 17.7 Å². The van der Waals surface area contributed by atoms with Gasteiger partial charge in [0, 0.05) is 19.7 Å². The van der Waals surface area contributed by atoms with Crippen molar-refractivity contribution in [1.82, 2.24) is 39.0 Å². The lowest BCUT2D eigenvalue weighted by Gasteiger charge is -2.14. The lowest BCUT2D eigenvalue weighted by molar-refractivity contribution is -0.0432. The van der Waals surface area contributed by atoms with Gasteiger partial charge in [0.2, 0.25) is 11.9 Å². The van der Waals surface area contributed by atoms with Gasteiger partial charge in [0.1, 0.15) is 28.9 Å². The minimum atomic E-state index is -0.839. The van der Waals surface area contributed by atoms with Crippen LogP contribution in [0.25, 0.3) is 33.2 Å². The van der Waals surface area contributed by atoms with E-state index in [2.05, 4.69) is 35.2 Å². The van der Waals surface area contributed by atoms with E-state index in [9.17, 15) is 15.0 Å². The second kappa shape index (κ2) is 7.69. The maximum atomic E-state index is 12.8. The minimum Gasteiger partial charge on any atom is -0.394 e. The van der Waals surface area contributed by atoms with Crippen molar-refractivity contribution in [3.05, 3.63) is 34.6 Å². The number of aromatic amines is 1. The Morgan fingerprint density at radius 2 is 2.06 bits per heavy atom. The molecule has 6 rings (SSSR count). The van der Waals surface area contributed by atoms with Gasteiger partial charge in [-0.25, -0.2) is 15.0 Å². The Labute approximate surface area is 196 Å². The fourth-order valence-electron chi connectivity index (χ4n) is 4.38. The summed E-state index contributed by atoms with van der Waals surface area (Å²) in [6, 6.07) is 1.81. The largest absolute Gasteiger partial charge is 0.394 e. The molecule has 0 amide bonds. The lowest BCUT2D eigenvalue weighted by atomic mass is 10.2. The van der Waals surface area contributed by atoms with Crippen molar-refractivity contribution < 1.29 is 14.9 Å². The van der Waals surface area contributed by atoms with E-state index in [1.54, 1.807) is 22.4 Å². The number of nitrogens with two attached hydrogens (primary N) is 1. The number of nitrogen functional groups attached to an aromatic ring is 1. The SMILES string of the molecule is Cc1cnc2c(Nc3nc4c(ncn4[C@H]4CC(O)[C@@H](CO)O4)c(=O)[nH]3)cc3c(nc(N)n3C)c2n1. The summed E-state index contributed by atoms with van der Waals surface area (Å²) in [7, 11) is 1.80. The van der Waals surface area contributed by atoms with Crippen molar-refractivity contribution in [1.29, 1.82) is 0 Å². The summed E-state index contributed by atoms with van der Waals surface area (Å²) in [5.74, 6) is 0.484. The van der Waals surface area contributed by atoms with E-state index in [4.69, 9.17) is 10.5 Å². The predicted octanol–water partition coefficient (Wildman–Crippen LogP) is 0.224. The Kier molecular flexibility index (Phi) is 4.70. The third-order valence-corrected chi connectivity index (χ3v) is 6.21. The molecule has 1 saturated heterocycles. The average molecular weight is 478 g/mol. The summed E-state index contributed by atoms with van der Waals surface area (Å²) in [6.07, 6.45) is 1.11. The molecule has 14 heteroatoms. The number of aliphatic hydroxyl groups is 2. The Morgan fingerprint density at radius 1 is 1.23 bits per heavy atom. The molecule has 14 nitrogen and oxygen atoms in total. The molecule has 0 saturated carbocycles. The van der Waals surface area contributed by atoms with Crippen molar-refractivity contribution in [3.8, 4) is 0 Å². The van der Waals surface area contributed by atoms with Gasteiger partial charge in [-0.2, -0.15) is 4.98 Å². The standard InChI is InChI=1S/C21H22N10O4/c1-8-5-23-14-9(3-10-15(16(14)25-8)27-20(22)30(10)2)26-21-28-18-17(19(34)29-21)24-7-31(18)13-4-11(33)12(6-32)35-13/h3,5,7,11-13,32-33H,4,6H2,1-2H3,(H2,22,27)(H2,26,28,29,34)/t11?,12-,13-/m1/s1. The molecule has 180 valence electrons. The van der Waals surface area contributed by atoms with Crippen LogP contribution in [0.4, 0.5) is 17.6 Å². The number of hydrogen-bond acceptors (Lipinski definition) is 11. The number of aliphatic hydroxyl groups excluding tert-OH is 2. The topological polar surface area (TPSA) is 195 Å². The zero-order valence-electron chi connectivity index (χ0n) is 18.8. The first kappa shape index (κ1) is 21.4. The molecule has 1 aliphatic rings. The first-order valence-electron chi connectivity index (χ1n) is 10.9. The number of benzene rings is 1. The van der Waals surface area contributed by atoms with Gasteiger partial charge in [-0.05, 0) is 13.0 Å². The van der Waals surface area contributed by atoms with Crippen molar-refractivity contribution in [2.24, 2.45) is 7.05 Å². The van der Waals surface area contributed by atoms with Crippen LogP contribution in [-0.4, -0.2) is 68.1 Å². The maximum Gasteiger partial charge on any atom is 0.280 e. The van der Waals surface area contributed by atoms with Crippen molar-refractivity contribution in [2.45, 2.75) is 31.8 Å². The van der Waals surface area contributed by atoms with Crippen LogP contribution in [0.3, 0.4) is 0 Å². The number of nitrogens with zero attached hydrogens (tertiary/aromatic N) is 7. The predicted molar refractivity (Wildman–Crippen MR) is 126 cm³/mol. The zero-order chi connectivity index (χ0) is 24.4. The summed E-state index contributed by atoms with van der Waals surface area (Å²) in [4.78, 5) is 37.8. The normalized spacial score (nSPS) is 20.4. The lowest BCUT2D eigenvalue weighted by Crippen LogP contribution is -2.24. The van der Waals surface area contributed by atoms with Crippen LogP contribution in [0.1, 0.15) is 18.3 Å². The molecular formula is C21H22N10O4. The third kappa shape index (κ3) is 3.30. The number of aryl methyl sites for hydroxylation is 2. The molecule has 5 heterocycles. The van der Waals surface area contributed by atoms with E-state index in [1.807, 2.05) is 13.0 Å². The number of ether oxygens (including phenoxy) is 1. The monoisotopic (exact) mass is 478 g/mol. The first-order valence-corrected chi connectivity index (χ1v) is 10.9. The Hall–Kier alpha value is -4.14. The highest BCUT2D eigenvalue weighted by molar-refractivity contribution is 6.07. The second-order valence-corrected chi connectivity index (χ2v) is 8.51. The van der Waals surface area contributed by atoms with E-state index in [0.29, 0.717) is 28.2 Å². The van der Waals surface area contributed by atoms with Gasteiger partial charge in [-0.15, -0.1) is 0 Å². The van der Waals surface area contributed by atoms with Crippen LogP contribution in [0.5, 0.6) is 0 Å². The van der Waals surface area contributed by atoms with Crippen molar-refractivity contribution >= 4 is 50.8 Å². The van der Waals surface area contributed by atoms with E-state index in [1.165, 1.54) is 6.33 Å². The van der Waals surface area contributed by atoms with Gasteiger partial charge >= 0.3 is 0 Å². The molecule has 5 aromatic rings. The van der Waals surface area contributed by atoms with Crippen molar-refractivity contribution in [3.63, 3.8) is 0 Å². The highest BCUT2D eigenvalue weighted by atomic mass is 16.5. The number of anilines is 3. The third-order valence-electron chi connectivity index (χ3n) is 6.21. The fraction of sp³-hybridized carbons (Fsp3) is 0.333. The Bertz CT molecular complexity index is 1670. The molecule has 0 aliphatic carbocycles. The molecule has 1 fully saturated rings. The van der Waals surface area contributed by atoms with Crippen LogP contribution in [-0.2, 0) is 11.8 Å². The van der Waals surface area contributed by atoms with Gasteiger partial charge < -0.3 is 30.6 Å². The maximum absolute atomic E-state index is 12.8. The number of aromatic nitrogens is 8. The molecule has 35 heavy (non-hydrogen) atoms. The summed E-state index contributed by atoms with van der Waals surface area (Å²) in [6.45, 7) is 1.52. The fourth-order valence-corrected chi connectivity index (χ4v) is 4.38. The summed E-state index contributed by atoms with van der Waals surface area (Å²) in [5.41, 5.74) is 9.68. The van der Waals surface area contributed by atoms with Crippen LogP contribution in [0.15, 0.2) is 23.4 Å². The van der Waals surface area contributed by atoms with Crippen LogP contribution in [0.2, 0.25) is 0 Å². The summed E-state index contributed by atoms with van der Waals surface area (Å²) < 4.78 is 9.02. The smallest absolute Gasteiger partial charge is 0.280 e. The minimum absolute atomic E-state index is 0.122. The van der Waals surface area contributed by atoms with Gasteiger partial charge in [0.15, 0.2) is 11.2 Å². The molecule has 0 spiro atoms. The number of nitrogens with one attached hydrogen (secondary N) is 2. The van der Waals surface area contributed by atoms with Gasteiger partial charge in [-0.1, -0.05) is 0 Å². The van der Waals surface area contributed by atoms with Crippen LogP contribution >= 0.6 is 0 Å². The Morgan fingerprint density at radius 3 is 2.83 bits per heavy atom. The summed E-state index contributed by atoms with van der Waals surface area (Å²) in [5, 5.41) is 22.7. The van der Waals surface area contributed by atoms with E-state index in [-0.39, 0.29) is 30.1 Å². The van der Waals surface area contributed by atoms with Crippen LogP contribution < -0.4 is 16.6 Å². The van der Waals surface area contributed by atoms with Crippen LogP contribution in [0, 0.1) is 6.92 Å². The van der Waals surface area contributed by atoms with Gasteiger partial charge in [0.25, 0.3) is 5.56 Å². The highest BCUT2D eigenvalue weighted by Crippen LogP contribution is 2.33. The number of rotatable bonds is 4. The number of imidazole rings is 2. The highest BCUT2D eigenvalue weighted by Gasteiger charge is 2.35. The number of H-pyrrole nitrogens is 1. The quantitative estimate of drug-likeness (QED) is 0.237. The summed E-state index contributed by atoms with van der Waals surface area (Å²) >= 11 is 0. The first-order chi connectivity index (χ1) is 16.8.